The number of amides is 1. The molecule has 1 N–H and O–H groups in total. The van der Waals surface area contributed by atoms with Gasteiger partial charge in [-0.3, -0.25) is 4.79 Å². The molecule has 0 fully saturated rings. The molecule has 3 rings (SSSR count). The molecule has 3 aromatic rings. The summed E-state index contributed by atoms with van der Waals surface area (Å²) in [7, 11) is 1.57. The van der Waals surface area contributed by atoms with Crippen molar-refractivity contribution in [2.24, 2.45) is 0 Å². The molecule has 1 aromatic carbocycles. The van der Waals surface area contributed by atoms with Crippen molar-refractivity contribution in [2.75, 3.05) is 7.11 Å². The Labute approximate surface area is 167 Å². The zero-order chi connectivity index (χ0) is 20.3. The number of nitrogens with one attached hydrogen (secondary N) is 1. The molecule has 28 heavy (non-hydrogen) atoms. The van der Waals surface area contributed by atoms with Gasteiger partial charge in [-0.05, 0) is 45.5 Å². The lowest BCUT2D eigenvalue weighted by atomic mass is 10.2. The third-order valence-corrected chi connectivity index (χ3v) is 4.78. The van der Waals surface area contributed by atoms with Gasteiger partial charge in [0.05, 0.1) is 17.9 Å². The standard InChI is InChI=1S/C16H15BrN6O5/c1-9-13(17)14(23(25)26)20-22(9)8-12-19-16(28-21-12)15(24)18-7-10-3-5-11(27-2)6-4-10/h3-6H,7-8H2,1-2H3,(H,18,24). The second kappa shape index (κ2) is 8.17. The molecule has 0 bridgehead atoms. The SMILES string of the molecule is COc1ccc(CNC(=O)c2nc(Cn3nc([N+](=O)[O-])c(Br)c3C)no2)cc1. The zero-order valence-corrected chi connectivity index (χ0v) is 16.5. The van der Waals surface area contributed by atoms with Crippen LogP contribution < -0.4 is 10.1 Å². The fraction of sp³-hybridized carbons (Fsp3) is 0.250. The van der Waals surface area contributed by atoms with E-state index in [0.29, 0.717) is 5.69 Å². The summed E-state index contributed by atoms with van der Waals surface area (Å²) in [5, 5.41) is 21.2. The summed E-state index contributed by atoms with van der Waals surface area (Å²) in [5.41, 5.74) is 1.40. The predicted molar refractivity (Wildman–Crippen MR) is 98.9 cm³/mol. The lowest BCUT2D eigenvalue weighted by molar-refractivity contribution is -0.390. The molecule has 0 spiro atoms. The van der Waals surface area contributed by atoms with Crippen molar-refractivity contribution < 1.29 is 19.0 Å². The number of hydrogen-bond acceptors (Lipinski definition) is 8. The lowest BCUT2D eigenvalue weighted by Crippen LogP contribution is -2.23. The quantitative estimate of drug-likeness (QED) is 0.426. The molecule has 0 aliphatic rings. The minimum atomic E-state index is -0.595. The van der Waals surface area contributed by atoms with Crippen molar-refractivity contribution in [3.05, 3.63) is 61.8 Å². The molecule has 0 aliphatic heterocycles. The van der Waals surface area contributed by atoms with Crippen LogP contribution in [0.5, 0.6) is 5.75 Å². The molecule has 146 valence electrons. The number of hydrogen-bond donors (Lipinski definition) is 1. The molecule has 12 heteroatoms. The van der Waals surface area contributed by atoms with E-state index in [9.17, 15) is 14.9 Å². The van der Waals surface area contributed by atoms with Crippen molar-refractivity contribution in [1.82, 2.24) is 25.2 Å². The van der Waals surface area contributed by atoms with E-state index < -0.39 is 10.8 Å². The van der Waals surface area contributed by atoms with Gasteiger partial charge in [0.25, 0.3) is 0 Å². The van der Waals surface area contributed by atoms with Crippen molar-refractivity contribution in [2.45, 2.75) is 20.0 Å². The van der Waals surface area contributed by atoms with Gasteiger partial charge in [-0.2, -0.15) is 9.67 Å². The van der Waals surface area contributed by atoms with E-state index in [0.717, 1.165) is 11.3 Å². The Hall–Kier alpha value is -3.28. The summed E-state index contributed by atoms with van der Waals surface area (Å²) in [6.07, 6.45) is 0. The minimum absolute atomic E-state index is 0.0214. The van der Waals surface area contributed by atoms with Crippen LogP contribution in [0.3, 0.4) is 0 Å². The number of rotatable bonds is 7. The molecule has 1 amide bonds. The highest BCUT2D eigenvalue weighted by Gasteiger charge is 2.25. The first-order valence-electron chi connectivity index (χ1n) is 8.00. The molecular formula is C16H15BrN6O5. The Morgan fingerprint density at radius 3 is 2.71 bits per heavy atom. The maximum Gasteiger partial charge on any atom is 0.404 e. The molecule has 2 heterocycles. The first kappa shape index (κ1) is 19.5. The van der Waals surface area contributed by atoms with Gasteiger partial charge in [-0.25, -0.2) is 0 Å². The average molecular weight is 451 g/mol. The predicted octanol–water partition coefficient (Wildman–Crippen LogP) is 2.23. The fourth-order valence-electron chi connectivity index (χ4n) is 2.32. The van der Waals surface area contributed by atoms with E-state index >= 15 is 0 Å². The van der Waals surface area contributed by atoms with Crippen molar-refractivity contribution >= 4 is 27.7 Å². The van der Waals surface area contributed by atoms with E-state index in [1.54, 1.807) is 26.2 Å². The van der Waals surface area contributed by atoms with Crippen molar-refractivity contribution in [1.29, 1.82) is 0 Å². The van der Waals surface area contributed by atoms with Crippen LogP contribution in [0.15, 0.2) is 33.3 Å². The maximum atomic E-state index is 12.2. The van der Waals surface area contributed by atoms with Crippen LogP contribution in [0.2, 0.25) is 0 Å². The molecular weight excluding hydrogens is 436 g/mol. The third-order valence-electron chi connectivity index (χ3n) is 3.86. The van der Waals surface area contributed by atoms with Gasteiger partial charge in [-0.15, -0.1) is 0 Å². The van der Waals surface area contributed by atoms with Gasteiger partial charge >= 0.3 is 17.6 Å². The molecule has 2 aromatic heterocycles. The second-order valence-corrected chi connectivity index (χ2v) is 6.48. The summed E-state index contributed by atoms with van der Waals surface area (Å²) < 4.78 is 11.7. The Bertz CT molecular complexity index is 1010. The maximum absolute atomic E-state index is 12.2. The largest absolute Gasteiger partial charge is 0.497 e. The number of aromatic nitrogens is 4. The Morgan fingerprint density at radius 2 is 2.11 bits per heavy atom. The summed E-state index contributed by atoms with van der Waals surface area (Å²) in [6.45, 7) is 1.96. The van der Waals surface area contributed by atoms with E-state index in [-0.39, 0.29) is 35.1 Å². The first-order chi connectivity index (χ1) is 13.4. The van der Waals surface area contributed by atoms with Crippen LogP contribution in [-0.2, 0) is 13.1 Å². The molecule has 0 atom stereocenters. The molecule has 0 radical (unpaired) electrons. The molecule has 0 saturated heterocycles. The Morgan fingerprint density at radius 1 is 1.39 bits per heavy atom. The Kier molecular flexibility index (Phi) is 5.68. The number of nitrogens with zero attached hydrogens (tertiary/aromatic N) is 5. The monoisotopic (exact) mass is 450 g/mol. The van der Waals surface area contributed by atoms with Crippen LogP contribution in [-0.4, -0.2) is 37.9 Å². The summed E-state index contributed by atoms with van der Waals surface area (Å²) in [5.74, 6) is -0.153. The number of methoxy groups -OCH3 is 1. The number of halogens is 1. The number of nitro groups is 1. The number of carbonyl (C=O) groups is 1. The van der Waals surface area contributed by atoms with Crippen LogP contribution in [0.25, 0.3) is 0 Å². The summed E-state index contributed by atoms with van der Waals surface area (Å²) in [6, 6.07) is 7.22. The van der Waals surface area contributed by atoms with Crippen molar-refractivity contribution in [3.8, 4) is 5.75 Å². The number of benzene rings is 1. The summed E-state index contributed by atoms with van der Waals surface area (Å²) in [4.78, 5) is 26.5. The second-order valence-electron chi connectivity index (χ2n) is 5.68. The Balaban J connectivity index is 1.64. The highest BCUT2D eigenvalue weighted by molar-refractivity contribution is 9.10. The molecule has 0 aliphatic carbocycles. The topological polar surface area (TPSA) is 138 Å². The normalized spacial score (nSPS) is 10.7. The van der Waals surface area contributed by atoms with Gasteiger partial charge in [0.15, 0.2) is 5.82 Å². The van der Waals surface area contributed by atoms with Crippen LogP contribution in [0, 0.1) is 17.0 Å². The highest BCUT2D eigenvalue weighted by atomic mass is 79.9. The van der Waals surface area contributed by atoms with E-state index in [1.165, 1.54) is 4.68 Å². The lowest BCUT2D eigenvalue weighted by Gasteiger charge is -2.04. The van der Waals surface area contributed by atoms with E-state index in [2.05, 4.69) is 36.5 Å². The average Bonchev–Trinajstić information content (AvgIpc) is 3.27. The molecule has 11 nitrogen and oxygen atoms in total. The first-order valence-corrected chi connectivity index (χ1v) is 8.79. The van der Waals surface area contributed by atoms with Gasteiger partial charge in [0.2, 0.25) is 0 Å². The third kappa shape index (κ3) is 4.17. The van der Waals surface area contributed by atoms with Crippen LogP contribution >= 0.6 is 15.9 Å². The number of carbonyl (C=O) groups excluding carboxylic acids is 1. The molecule has 0 saturated carbocycles. The van der Waals surface area contributed by atoms with Crippen molar-refractivity contribution in [3.63, 3.8) is 0 Å². The highest BCUT2D eigenvalue weighted by Crippen LogP contribution is 2.27. The van der Waals surface area contributed by atoms with E-state index in [1.807, 2.05) is 12.1 Å². The van der Waals surface area contributed by atoms with Crippen LogP contribution in [0.4, 0.5) is 5.82 Å². The van der Waals surface area contributed by atoms with Gasteiger partial charge in [0, 0.05) is 6.54 Å². The number of ether oxygens (including phenoxy) is 1. The van der Waals surface area contributed by atoms with Crippen LogP contribution in [0.1, 0.15) is 27.8 Å². The summed E-state index contributed by atoms with van der Waals surface area (Å²) >= 11 is 3.13. The van der Waals surface area contributed by atoms with Gasteiger partial charge in [-0.1, -0.05) is 17.3 Å². The van der Waals surface area contributed by atoms with Gasteiger partial charge in [0.1, 0.15) is 16.8 Å². The zero-order valence-electron chi connectivity index (χ0n) is 14.9. The van der Waals surface area contributed by atoms with E-state index in [4.69, 9.17) is 9.26 Å². The molecule has 0 unspecified atom stereocenters. The smallest absolute Gasteiger partial charge is 0.404 e. The minimum Gasteiger partial charge on any atom is -0.497 e. The van der Waals surface area contributed by atoms with Gasteiger partial charge < -0.3 is 24.7 Å². The fourth-order valence-corrected chi connectivity index (χ4v) is 2.75.